The number of carbonyl (C=O) groups is 1. The summed E-state index contributed by atoms with van der Waals surface area (Å²) in [6.45, 7) is 7.20. The maximum absolute atomic E-state index is 10.6. The summed E-state index contributed by atoms with van der Waals surface area (Å²) in [6.07, 6.45) is 7.37. The van der Waals surface area contributed by atoms with Gasteiger partial charge in [0, 0.05) is 31.3 Å². The number of carboxylic acid groups (broad SMARTS) is 1. The molecule has 0 aromatic heterocycles. The zero-order valence-electron chi connectivity index (χ0n) is 19.6. The molecule has 0 bridgehead atoms. The van der Waals surface area contributed by atoms with Gasteiger partial charge in [-0.1, -0.05) is 45.4 Å². The number of rotatable bonds is 12. The maximum Gasteiger partial charge on any atom is 1.00 e. The topological polar surface area (TPSA) is 110 Å². The Hall–Kier alpha value is -0.210. The van der Waals surface area contributed by atoms with Crippen molar-refractivity contribution in [1.82, 2.24) is 0 Å². The summed E-state index contributed by atoms with van der Waals surface area (Å²) in [6, 6.07) is 0. The Kier molecular flexibility index (Phi) is 13.1. The predicted octanol–water partition coefficient (Wildman–Crippen LogP) is -1.03. The number of aliphatic carboxylic acids is 1. The molecule has 0 fully saturated rings. The number of ether oxygens (including phenoxy) is 1. The SMILES string of the molecule is CCCC(C)CO[C@H]1C[C@H](O)C=C2C=C[C@@H](C)[C@H](CC[C@@H](O)C[C@@H](O)CC(=O)[O-])[C@H]21.[Na+]. The summed E-state index contributed by atoms with van der Waals surface area (Å²) in [7, 11) is 0. The van der Waals surface area contributed by atoms with Crippen molar-refractivity contribution in [2.24, 2.45) is 23.7 Å². The zero-order valence-corrected chi connectivity index (χ0v) is 21.6. The first-order valence-corrected chi connectivity index (χ1v) is 11.5. The third-order valence-corrected chi connectivity index (χ3v) is 6.53. The molecule has 0 saturated heterocycles. The van der Waals surface area contributed by atoms with Crippen LogP contribution >= 0.6 is 0 Å². The van der Waals surface area contributed by atoms with E-state index in [1.807, 2.05) is 6.08 Å². The first-order valence-electron chi connectivity index (χ1n) is 11.5. The van der Waals surface area contributed by atoms with Gasteiger partial charge in [-0.2, -0.15) is 0 Å². The molecule has 8 atom stereocenters. The van der Waals surface area contributed by atoms with Gasteiger partial charge in [-0.3, -0.25) is 0 Å². The average Bonchev–Trinajstić information content (AvgIpc) is 2.65. The molecule has 172 valence electrons. The van der Waals surface area contributed by atoms with Crippen LogP contribution in [0.25, 0.3) is 0 Å². The van der Waals surface area contributed by atoms with Crippen LogP contribution < -0.4 is 34.7 Å². The normalized spacial score (nSPS) is 30.5. The molecule has 3 N–H and O–H groups in total. The summed E-state index contributed by atoms with van der Waals surface area (Å²) in [5.41, 5.74) is 1.11. The molecule has 31 heavy (non-hydrogen) atoms. The van der Waals surface area contributed by atoms with E-state index in [1.165, 1.54) is 0 Å². The van der Waals surface area contributed by atoms with Crippen LogP contribution in [-0.4, -0.2) is 52.3 Å². The van der Waals surface area contributed by atoms with Crippen molar-refractivity contribution in [3.63, 3.8) is 0 Å². The third-order valence-electron chi connectivity index (χ3n) is 6.53. The molecule has 2 aliphatic rings. The molecule has 0 spiro atoms. The summed E-state index contributed by atoms with van der Waals surface area (Å²) >= 11 is 0. The minimum atomic E-state index is -1.31. The van der Waals surface area contributed by atoms with Gasteiger partial charge in [0.15, 0.2) is 0 Å². The fourth-order valence-corrected chi connectivity index (χ4v) is 4.99. The quantitative estimate of drug-likeness (QED) is 0.331. The molecule has 0 radical (unpaired) electrons. The van der Waals surface area contributed by atoms with Crippen LogP contribution in [0.5, 0.6) is 0 Å². The second-order valence-corrected chi connectivity index (χ2v) is 9.34. The molecule has 2 rings (SSSR count). The van der Waals surface area contributed by atoms with E-state index in [4.69, 9.17) is 4.74 Å². The molecule has 0 aliphatic heterocycles. The smallest absolute Gasteiger partial charge is 0.550 e. The van der Waals surface area contributed by atoms with Crippen LogP contribution in [0.4, 0.5) is 0 Å². The largest absolute Gasteiger partial charge is 1.00 e. The molecule has 0 saturated carbocycles. The van der Waals surface area contributed by atoms with Crippen molar-refractivity contribution in [2.45, 2.75) is 90.1 Å². The Morgan fingerprint density at radius 2 is 2.00 bits per heavy atom. The predicted molar refractivity (Wildman–Crippen MR) is 113 cm³/mol. The molecule has 0 aromatic carbocycles. The van der Waals surface area contributed by atoms with Crippen LogP contribution in [0.2, 0.25) is 0 Å². The number of fused-ring (bicyclic) bond motifs is 1. The monoisotopic (exact) mass is 446 g/mol. The molecular formula is C24H39NaO6. The van der Waals surface area contributed by atoms with Crippen LogP contribution in [-0.2, 0) is 9.53 Å². The van der Waals surface area contributed by atoms with E-state index in [0.29, 0.717) is 31.3 Å². The van der Waals surface area contributed by atoms with Crippen molar-refractivity contribution in [1.29, 1.82) is 0 Å². The minimum Gasteiger partial charge on any atom is -0.550 e. The fourth-order valence-electron chi connectivity index (χ4n) is 4.99. The van der Waals surface area contributed by atoms with Gasteiger partial charge in [-0.25, -0.2) is 0 Å². The molecule has 0 aromatic rings. The van der Waals surface area contributed by atoms with Crippen LogP contribution in [0, 0.1) is 23.7 Å². The van der Waals surface area contributed by atoms with Crippen molar-refractivity contribution in [3.05, 3.63) is 23.8 Å². The number of carbonyl (C=O) groups excluding carboxylic acids is 1. The number of carboxylic acids is 1. The molecular weight excluding hydrogens is 407 g/mol. The number of hydrogen-bond acceptors (Lipinski definition) is 6. The summed E-state index contributed by atoms with van der Waals surface area (Å²) in [5.74, 6) is -0.102. The van der Waals surface area contributed by atoms with Crippen LogP contribution in [0.15, 0.2) is 23.8 Å². The van der Waals surface area contributed by atoms with Crippen molar-refractivity contribution in [3.8, 4) is 0 Å². The third kappa shape index (κ3) is 9.28. The second kappa shape index (κ2) is 14.1. The van der Waals surface area contributed by atoms with Gasteiger partial charge in [0.25, 0.3) is 0 Å². The Morgan fingerprint density at radius 1 is 1.29 bits per heavy atom. The van der Waals surface area contributed by atoms with Crippen LogP contribution in [0.3, 0.4) is 0 Å². The van der Waals surface area contributed by atoms with E-state index in [9.17, 15) is 25.2 Å². The number of hydrogen-bond donors (Lipinski definition) is 3. The van der Waals surface area contributed by atoms with Gasteiger partial charge in [0.2, 0.25) is 0 Å². The molecule has 0 amide bonds. The van der Waals surface area contributed by atoms with Gasteiger partial charge in [-0.05, 0) is 49.0 Å². The number of aliphatic hydroxyl groups excluding tert-OH is 3. The van der Waals surface area contributed by atoms with Crippen LogP contribution in [0.1, 0.15) is 65.7 Å². The molecule has 0 heterocycles. The van der Waals surface area contributed by atoms with Crippen molar-refractivity contribution in [2.75, 3.05) is 6.61 Å². The maximum atomic E-state index is 10.6. The Balaban J connectivity index is 0.00000480. The summed E-state index contributed by atoms with van der Waals surface area (Å²) in [5, 5.41) is 41.0. The summed E-state index contributed by atoms with van der Waals surface area (Å²) in [4.78, 5) is 10.6. The fraction of sp³-hybridized carbons (Fsp3) is 0.792. The second-order valence-electron chi connectivity index (χ2n) is 9.34. The Labute approximate surface area is 209 Å². The minimum absolute atomic E-state index is 0. The van der Waals surface area contributed by atoms with E-state index in [2.05, 4.69) is 32.9 Å². The standard InChI is InChI=1S/C24H40O6.Na/c1-4-5-15(2)14-30-22-12-19(26)10-17-7-6-16(3)21(24(17)22)9-8-18(25)11-20(27)13-23(28)29;/h6-7,10,15-16,18-22,24-27H,4-5,8-9,11-14H2,1-3H3,(H,28,29);/q;+1/p-1/t15?,16-,18-,19-,20-,21+,22+,24+;/m1./s1. The first kappa shape index (κ1) is 28.8. The van der Waals surface area contributed by atoms with Gasteiger partial charge >= 0.3 is 29.6 Å². The zero-order chi connectivity index (χ0) is 22.3. The van der Waals surface area contributed by atoms with E-state index in [-0.39, 0.29) is 53.9 Å². The molecule has 7 heteroatoms. The van der Waals surface area contributed by atoms with E-state index >= 15 is 0 Å². The van der Waals surface area contributed by atoms with E-state index in [0.717, 1.165) is 24.8 Å². The molecule has 2 aliphatic carbocycles. The average molecular weight is 447 g/mol. The molecule has 6 nitrogen and oxygen atoms in total. The number of aliphatic hydroxyl groups is 3. The van der Waals surface area contributed by atoms with Gasteiger partial charge in [0.05, 0.1) is 24.4 Å². The Bertz CT molecular complexity index is 607. The van der Waals surface area contributed by atoms with Gasteiger partial charge < -0.3 is 30.0 Å². The number of allylic oxidation sites excluding steroid dienone is 2. The Morgan fingerprint density at radius 3 is 2.65 bits per heavy atom. The van der Waals surface area contributed by atoms with Gasteiger partial charge in [-0.15, -0.1) is 0 Å². The first-order chi connectivity index (χ1) is 14.2. The summed E-state index contributed by atoms with van der Waals surface area (Å²) < 4.78 is 6.32. The van der Waals surface area contributed by atoms with E-state index < -0.39 is 30.7 Å². The van der Waals surface area contributed by atoms with Gasteiger partial charge in [0.1, 0.15) is 0 Å². The molecule has 1 unspecified atom stereocenters. The van der Waals surface area contributed by atoms with E-state index in [1.54, 1.807) is 0 Å². The van der Waals surface area contributed by atoms with Crippen molar-refractivity contribution < 1.29 is 59.5 Å². The van der Waals surface area contributed by atoms with Crippen molar-refractivity contribution >= 4 is 5.97 Å².